The SMILES string of the molecule is Cc1nn(C)c(C)c1CCC(=O)NCC(C)(O)CC(C)C. The van der Waals surface area contributed by atoms with Gasteiger partial charge in [-0.15, -0.1) is 0 Å². The molecular formula is C16H29N3O2. The van der Waals surface area contributed by atoms with Crippen molar-refractivity contribution in [2.24, 2.45) is 13.0 Å². The highest BCUT2D eigenvalue weighted by Gasteiger charge is 2.22. The summed E-state index contributed by atoms with van der Waals surface area (Å²) in [6.07, 6.45) is 1.78. The van der Waals surface area contributed by atoms with Crippen molar-refractivity contribution in [3.63, 3.8) is 0 Å². The predicted octanol–water partition coefficient (Wildman–Crippen LogP) is 1.88. The van der Waals surface area contributed by atoms with Crippen LogP contribution in [0, 0.1) is 19.8 Å². The van der Waals surface area contributed by atoms with Crippen molar-refractivity contribution < 1.29 is 9.90 Å². The molecule has 1 unspecified atom stereocenters. The Morgan fingerprint density at radius 3 is 2.52 bits per heavy atom. The van der Waals surface area contributed by atoms with E-state index in [-0.39, 0.29) is 5.91 Å². The number of nitrogens with zero attached hydrogens (tertiary/aromatic N) is 2. The second-order valence-electron chi connectivity index (χ2n) is 6.64. The number of amides is 1. The zero-order valence-corrected chi connectivity index (χ0v) is 14.2. The highest BCUT2D eigenvalue weighted by atomic mass is 16.3. The number of carbonyl (C=O) groups is 1. The number of aliphatic hydroxyl groups is 1. The first kappa shape index (κ1) is 17.7. The lowest BCUT2D eigenvalue weighted by Crippen LogP contribution is -2.41. The quantitative estimate of drug-likeness (QED) is 0.807. The molecule has 0 aliphatic rings. The maximum absolute atomic E-state index is 11.9. The first-order valence-corrected chi connectivity index (χ1v) is 7.60. The second kappa shape index (κ2) is 7.07. The van der Waals surface area contributed by atoms with Gasteiger partial charge in [-0.2, -0.15) is 5.10 Å². The van der Waals surface area contributed by atoms with Crippen molar-refractivity contribution in [2.45, 2.75) is 59.5 Å². The number of carbonyl (C=O) groups excluding carboxylic acids is 1. The highest BCUT2D eigenvalue weighted by Crippen LogP contribution is 2.16. The van der Waals surface area contributed by atoms with Crippen LogP contribution in [0.2, 0.25) is 0 Å². The Labute approximate surface area is 127 Å². The van der Waals surface area contributed by atoms with Crippen LogP contribution in [0.25, 0.3) is 0 Å². The fourth-order valence-corrected chi connectivity index (χ4v) is 2.75. The molecule has 0 saturated carbocycles. The molecule has 1 rings (SSSR count). The minimum absolute atomic E-state index is 0.0262. The Morgan fingerprint density at radius 2 is 2.05 bits per heavy atom. The van der Waals surface area contributed by atoms with E-state index in [1.807, 2.05) is 25.6 Å². The summed E-state index contributed by atoms with van der Waals surface area (Å²) in [4.78, 5) is 11.9. The molecule has 120 valence electrons. The minimum atomic E-state index is -0.843. The lowest BCUT2D eigenvalue weighted by molar-refractivity contribution is -0.122. The maximum Gasteiger partial charge on any atom is 0.220 e. The van der Waals surface area contributed by atoms with Crippen molar-refractivity contribution in [2.75, 3.05) is 6.54 Å². The van der Waals surface area contributed by atoms with Crippen LogP contribution < -0.4 is 5.32 Å². The van der Waals surface area contributed by atoms with Gasteiger partial charge >= 0.3 is 0 Å². The van der Waals surface area contributed by atoms with Crippen LogP contribution in [-0.4, -0.2) is 32.9 Å². The molecule has 1 heterocycles. The average molecular weight is 295 g/mol. The Morgan fingerprint density at radius 1 is 1.43 bits per heavy atom. The van der Waals surface area contributed by atoms with E-state index in [1.165, 1.54) is 0 Å². The van der Waals surface area contributed by atoms with Crippen molar-refractivity contribution in [1.29, 1.82) is 0 Å². The van der Waals surface area contributed by atoms with Crippen molar-refractivity contribution in [3.8, 4) is 0 Å². The summed E-state index contributed by atoms with van der Waals surface area (Å²) in [6.45, 7) is 10.2. The fourth-order valence-electron chi connectivity index (χ4n) is 2.75. The molecule has 21 heavy (non-hydrogen) atoms. The van der Waals surface area contributed by atoms with E-state index in [1.54, 1.807) is 6.92 Å². The Bertz CT molecular complexity index is 490. The Balaban J connectivity index is 2.44. The Kier molecular flexibility index (Phi) is 5.96. The van der Waals surface area contributed by atoms with Crippen LogP contribution in [0.15, 0.2) is 0 Å². The summed E-state index contributed by atoms with van der Waals surface area (Å²) >= 11 is 0. The minimum Gasteiger partial charge on any atom is -0.388 e. The summed E-state index contributed by atoms with van der Waals surface area (Å²) in [5, 5.41) is 17.4. The smallest absolute Gasteiger partial charge is 0.220 e. The lowest BCUT2D eigenvalue weighted by Gasteiger charge is -2.25. The van der Waals surface area contributed by atoms with Crippen LogP contribution in [-0.2, 0) is 18.3 Å². The highest BCUT2D eigenvalue weighted by molar-refractivity contribution is 5.76. The number of aryl methyl sites for hydroxylation is 2. The van der Waals surface area contributed by atoms with Crippen molar-refractivity contribution in [3.05, 3.63) is 17.0 Å². The van der Waals surface area contributed by atoms with E-state index >= 15 is 0 Å². The van der Waals surface area contributed by atoms with Gasteiger partial charge in [-0.3, -0.25) is 9.48 Å². The number of hydrogen-bond donors (Lipinski definition) is 2. The summed E-state index contributed by atoms with van der Waals surface area (Å²) < 4.78 is 1.84. The number of rotatable bonds is 7. The normalized spacial score (nSPS) is 14.3. The van der Waals surface area contributed by atoms with Gasteiger partial charge in [0.25, 0.3) is 0 Å². The van der Waals surface area contributed by atoms with Gasteiger partial charge in [-0.25, -0.2) is 0 Å². The van der Waals surface area contributed by atoms with E-state index in [4.69, 9.17) is 0 Å². The van der Waals surface area contributed by atoms with Crippen LogP contribution >= 0.6 is 0 Å². The number of aromatic nitrogens is 2. The van der Waals surface area contributed by atoms with Crippen molar-refractivity contribution in [1.82, 2.24) is 15.1 Å². The molecule has 0 aromatic carbocycles. The molecule has 0 bridgehead atoms. The molecular weight excluding hydrogens is 266 g/mol. The molecule has 0 fully saturated rings. The van der Waals surface area contributed by atoms with Gasteiger partial charge in [0.2, 0.25) is 5.91 Å². The maximum atomic E-state index is 11.9. The Hall–Kier alpha value is -1.36. The summed E-state index contributed by atoms with van der Waals surface area (Å²) in [5.74, 6) is 0.374. The molecule has 0 saturated heterocycles. The number of nitrogens with one attached hydrogen (secondary N) is 1. The molecule has 2 N–H and O–H groups in total. The van der Waals surface area contributed by atoms with Gasteiger partial charge in [0.05, 0.1) is 11.3 Å². The van der Waals surface area contributed by atoms with Crippen molar-refractivity contribution >= 4 is 5.91 Å². The molecule has 0 aliphatic heterocycles. The summed E-state index contributed by atoms with van der Waals surface area (Å²) in [7, 11) is 1.91. The van der Waals surface area contributed by atoms with Crippen LogP contribution in [0.4, 0.5) is 0 Å². The summed E-state index contributed by atoms with van der Waals surface area (Å²) in [6, 6.07) is 0. The van der Waals surface area contributed by atoms with Gasteiger partial charge in [-0.1, -0.05) is 13.8 Å². The van der Waals surface area contributed by atoms with Gasteiger partial charge in [0.15, 0.2) is 0 Å². The second-order valence-corrected chi connectivity index (χ2v) is 6.64. The van der Waals surface area contributed by atoms with E-state index < -0.39 is 5.60 Å². The monoisotopic (exact) mass is 295 g/mol. The van der Waals surface area contributed by atoms with E-state index in [0.29, 0.717) is 31.7 Å². The fraction of sp³-hybridized carbons (Fsp3) is 0.750. The third-order valence-electron chi connectivity index (χ3n) is 3.78. The van der Waals surface area contributed by atoms with E-state index in [9.17, 15) is 9.90 Å². The third kappa shape index (κ3) is 5.50. The molecule has 1 aromatic rings. The molecule has 1 atom stereocenters. The largest absolute Gasteiger partial charge is 0.388 e. The predicted molar refractivity (Wildman–Crippen MR) is 84.1 cm³/mol. The molecule has 1 amide bonds. The van der Waals surface area contributed by atoms with Crippen LogP contribution in [0.5, 0.6) is 0 Å². The van der Waals surface area contributed by atoms with Gasteiger partial charge < -0.3 is 10.4 Å². The third-order valence-corrected chi connectivity index (χ3v) is 3.78. The molecule has 0 radical (unpaired) electrons. The van der Waals surface area contributed by atoms with Crippen LogP contribution in [0.3, 0.4) is 0 Å². The zero-order chi connectivity index (χ0) is 16.2. The first-order chi connectivity index (χ1) is 9.62. The topological polar surface area (TPSA) is 67.2 Å². The molecule has 5 heteroatoms. The van der Waals surface area contributed by atoms with E-state index in [2.05, 4.69) is 24.3 Å². The number of hydrogen-bond acceptors (Lipinski definition) is 3. The molecule has 1 aromatic heterocycles. The van der Waals surface area contributed by atoms with E-state index in [0.717, 1.165) is 17.0 Å². The van der Waals surface area contributed by atoms with Gasteiger partial charge in [0.1, 0.15) is 0 Å². The standard InChI is InChI=1S/C16H29N3O2/c1-11(2)9-16(5,21)10-17-15(20)8-7-14-12(3)18-19(6)13(14)4/h11,21H,7-10H2,1-6H3,(H,17,20). The first-order valence-electron chi connectivity index (χ1n) is 7.60. The van der Waals surface area contributed by atoms with Crippen LogP contribution in [0.1, 0.15) is 50.6 Å². The lowest BCUT2D eigenvalue weighted by atomic mass is 9.94. The average Bonchev–Trinajstić information content (AvgIpc) is 2.57. The molecule has 0 aliphatic carbocycles. The summed E-state index contributed by atoms with van der Waals surface area (Å²) in [5.41, 5.74) is 2.38. The molecule has 5 nitrogen and oxygen atoms in total. The molecule has 0 spiro atoms. The van der Waals surface area contributed by atoms with Gasteiger partial charge in [0, 0.05) is 25.7 Å². The van der Waals surface area contributed by atoms with Gasteiger partial charge in [-0.05, 0) is 45.1 Å². The zero-order valence-electron chi connectivity index (χ0n) is 14.2.